The van der Waals surface area contributed by atoms with Crippen LogP contribution in [0.1, 0.15) is 22.8 Å². The van der Waals surface area contributed by atoms with Gasteiger partial charge in [-0.25, -0.2) is 4.79 Å². The molecule has 0 heterocycles. The third kappa shape index (κ3) is 1.95. The third-order valence-electron chi connectivity index (χ3n) is 1.77. The molecule has 0 aliphatic rings. The molecule has 0 aliphatic heterocycles. The van der Waals surface area contributed by atoms with Gasteiger partial charge in [-0.05, 0) is 24.1 Å². The zero-order valence-corrected chi connectivity index (χ0v) is 8.49. The van der Waals surface area contributed by atoms with Crippen LogP contribution in [0.3, 0.4) is 0 Å². The molecule has 13 heavy (non-hydrogen) atoms. The molecule has 0 fully saturated rings. The lowest BCUT2D eigenvalue weighted by molar-refractivity contribution is 0.0697. The van der Waals surface area contributed by atoms with E-state index in [1.54, 1.807) is 6.07 Å². The number of carbonyl (C=O) groups is 1. The summed E-state index contributed by atoms with van der Waals surface area (Å²) < 4.78 is 0. The molecular weight excluding hydrogens is 211 g/mol. The normalized spacial score (nSPS) is 10.1. The predicted molar refractivity (Wildman–Crippen MR) is 52.8 cm³/mol. The van der Waals surface area contributed by atoms with Gasteiger partial charge >= 0.3 is 5.97 Å². The summed E-state index contributed by atoms with van der Waals surface area (Å²) in [6.45, 7) is 1.87. The van der Waals surface area contributed by atoms with Crippen LogP contribution in [0.15, 0.2) is 12.1 Å². The predicted octanol–water partition coefficient (Wildman–Crippen LogP) is 3.25. The Morgan fingerprint density at radius 3 is 2.54 bits per heavy atom. The smallest absolute Gasteiger partial charge is 0.337 e. The summed E-state index contributed by atoms with van der Waals surface area (Å²) in [5.41, 5.74) is 0.783. The van der Waals surface area contributed by atoms with E-state index >= 15 is 0 Å². The van der Waals surface area contributed by atoms with Crippen molar-refractivity contribution in [2.24, 2.45) is 0 Å². The van der Waals surface area contributed by atoms with Gasteiger partial charge in [0.05, 0.1) is 10.6 Å². The fourth-order valence-corrected chi connectivity index (χ4v) is 1.81. The zero-order chi connectivity index (χ0) is 10.0. The van der Waals surface area contributed by atoms with Gasteiger partial charge in [-0.15, -0.1) is 0 Å². The average molecular weight is 219 g/mol. The van der Waals surface area contributed by atoms with Crippen LogP contribution < -0.4 is 0 Å². The molecule has 0 spiro atoms. The monoisotopic (exact) mass is 218 g/mol. The van der Waals surface area contributed by atoms with Crippen LogP contribution in [0.4, 0.5) is 0 Å². The molecular formula is C9H8Cl2O2. The summed E-state index contributed by atoms with van der Waals surface area (Å²) in [5, 5.41) is 9.50. The minimum atomic E-state index is -1.03. The number of benzene rings is 1. The lowest BCUT2D eigenvalue weighted by Crippen LogP contribution is -1.99. The van der Waals surface area contributed by atoms with E-state index in [1.807, 2.05) is 6.92 Å². The van der Waals surface area contributed by atoms with Gasteiger partial charge < -0.3 is 5.11 Å². The van der Waals surface area contributed by atoms with Crippen molar-refractivity contribution in [3.8, 4) is 0 Å². The number of aromatic carboxylic acids is 1. The molecule has 4 heteroatoms. The highest BCUT2D eigenvalue weighted by atomic mass is 35.5. The van der Waals surface area contributed by atoms with E-state index in [0.29, 0.717) is 17.0 Å². The van der Waals surface area contributed by atoms with Gasteiger partial charge in [-0.3, -0.25) is 0 Å². The average Bonchev–Trinajstić information content (AvgIpc) is 2.04. The van der Waals surface area contributed by atoms with Gasteiger partial charge in [0.2, 0.25) is 0 Å². The zero-order valence-electron chi connectivity index (χ0n) is 6.97. The Kier molecular flexibility index (Phi) is 3.17. The van der Waals surface area contributed by atoms with Gasteiger partial charge in [-0.1, -0.05) is 30.1 Å². The van der Waals surface area contributed by atoms with Crippen LogP contribution in [0.2, 0.25) is 10.0 Å². The standard InChI is InChI=1S/C9H8Cl2O2/c1-2-5-7(10)4-3-6(8(5)11)9(12)13/h3-4H,2H2,1H3,(H,12,13). The van der Waals surface area contributed by atoms with Crippen LogP contribution in [0.5, 0.6) is 0 Å². The largest absolute Gasteiger partial charge is 0.478 e. The van der Waals surface area contributed by atoms with Crippen molar-refractivity contribution >= 4 is 29.2 Å². The Hall–Kier alpha value is -0.730. The van der Waals surface area contributed by atoms with Crippen molar-refractivity contribution in [1.82, 2.24) is 0 Å². The lowest BCUT2D eigenvalue weighted by Gasteiger charge is -2.06. The first-order valence-electron chi connectivity index (χ1n) is 3.78. The van der Waals surface area contributed by atoms with E-state index in [1.165, 1.54) is 6.07 Å². The van der Waals surface area contributed by atoms with E-state index in [9.17, 15) is 4.79 Å². The third-order valence-corrected chi connectivity index (χ3v) is 2.56. The number of hydrogen-bond acceptors (Lipinski definition) is 1. The van der Waals surface area contributed by atoms with E-state index in [2.05, 4.69) is 0 Å². The van der Waals surface area contributed by atoms with Gasteiger partial charge in [-0.2, -0.15) is 0 Å². The maximum Gasteiger partial charge on any atom is 0.337 e. The van der Waals surface area contributed by atoms with E-state index < -0.39 is 5.97 Å². The first kappa shape index (κ1) is 10.4. The summed E-state index contributed by atoms with van der Waals surface area (Å²) in [6.07, 6.45) is 0.624. The molecule has 0 aromatic heterocycles. The van der Waals surface area contributed by atoms with E-state index in [0.717, 1.165) is 0 Å². The van der Waals surface area contributed by atoms with Crippen molar-refractivity contribution in [2.45, 2.75) is 13.3 Å². The maximum absolute atomic E-state index is 10.7. The highest BCUT2D eigenvalue weighted by Crippen LogP contribution is 2.28. The molecule has 0 radical (unpaired) electrons. The Balaban J connectivity index is 3.35. The van der Waals surface area contributed by atoms with Crippen molar-refractivity contribution in [3.05, 3.63) is 33.3 Å². The van der Waals surface area contributed by atoms with Crippen LogP contribution in [0, 0.1) is 0 Å². The molecule has 0 atom stereocenters. The molecule has 70 valence electrons. The summed E-state index contributed by atoms with van der Waals surface area (Å²) in [6, 6.07) is 2.96. The number of halogens is 2. The Morgan fingerprint density at radius 1 is 1.46 bits per heavy atom. The van der Waals surface area contributed by atoms with Gasteiger partial charge in [0.25, 0.3) is 0 Å². The van der Waals surface area contributed by atoms with Crippen LogP contribution in [-0.4, -0.2) is 11.1 Å². The number of hydrogen-bond donors (Lipinski definition) is 1. The molecule has 0 saturated carbocycles. The van der Waals surface area contributed by atoms with Gasteiger partial charge in [0.1, 0.15) is 0 Å². The molecule has 1 rings (SSSR count). The Labute approximate surface area is 86.1 Å². The fourth-order valence-electron chi connectivity index (χ4n) is 1.09. The second kappa shape index (κ2) is 3.99. The lowest BCUT2D eigenvalue weighted by atomic mass is 10.1. The van der Waals surface area contributed by atoms with Crippen LogP contribution in [0.25, 0.3) is 0 Å². The van der Waals surface area contributed by atoms with Gasteiger partial charge in [0.15, 0.2) is 0 Å². The number of carboxylic acids is 1. The summed E-state index contributed by atoms with van der Waals surface area (Å²) in [7, 11) is 0. The second-order valence-corrected chi connectivity index (χ2v) is 3.33. The molecule has 0 amide bonds. The Morgan fingerprint density at radius 2 is 2.08 bits per heavy atom. The SMILES string of the molecule is CCc1c(Cl)ccc(C(=O)O)c1Cl. The molecule has 1 aromatic carbocycles. The van der Waals surface area contributed by atoms with Crippen molar-refractivity contribution < 1.29 is 9.90 Å². The summed E-state index contributed by atoms with van der Waals surface area (Å²) in [5.74, 6) is -1.03. The molecule has 0 bridgehead atoms. The molecule has 0 unspecified atom stereocenters. The molecule has 2 nitrogen and oxygen atoms in total. The first-order chi connectivity index (χ1) is 6.07. The number of rotatable bonds is 2. The topological polar surface area (TPSA) is 37.3 Å². The highest BCUT2D eigenvalue weighted by Gasteiger charge is 2.13. The van der Waals surface area contributed by atoms with E-state index in [4.69, 9.17) is 28.3 Å². The van der Waals surface area contributed by atoms with Crippen molar-refractivity contribution in [1.29, 1.82) is 0 Å². The summed E-state index contributed by atoms with van der Waals surface area (Å²) in [4.78, 5) is 10.7. The molecule has 1 aromatic rings. The molecule has 1 N–H and O–H groups in total. The van der Waals surface area contributed by atoms with Crippen LogP contribution >= 0.6 is 23.2 Å². The van der Waals surface area contributed by atoms with Gasteiger partial charge in [0, 0.05) is 5.02 Å². The molecule has 0 aliphatic carbocycles. The number of carboxylic acid groups (broad SMARTS) is 1. The molecule has 0 saturated heterocycles. The quantitative estimate of drug-likeness (QED) is 0.828. The second-order valence-electron chi connectivity index (χ2n) is 2.55. The van der Waals surface area contributed by atoms with Crippen molar-refractivity contribution in [2.75, 3.05) is 0 Å². The van der Waals surface area contributed by atoms with Crippen LogP contribution in [-0.2, 0) is 6.42 Å². The highest BCUT2D eigenvalue weighted by molar-refractivity contribution is 6.37. The first-order valence-corrected chi connectivity index (χ1v) is 4.53. The minimum Gasteiger partial charge on any atom is -0.478 e. The van der Waals surface area contributed by atoms with E-state index in [-0.39, 0.29) is 10.6 Å². The minimum absolute atomic E-state index is 0.0999. The fraction of sp³-hybridized carbons (Fsp3) is 0.222. The summed E-state index contributed by atoms with van der Waals surface area (Å²) >= 11 is 11.7. The van der Waals surface area contributed by atoms with Crippen molar-refractivity contribution in [3.63, 3.8) is 0 Å². The maximum atomic E-state index is 10.7. The Bertz CT molecular complexity index is 348.